The van der Waals surface area contributed by atoms with Gasteiger partial charge in [0.2, 0.25) is 0 Å². The normalized spacial score (nSPS) is 12.2. The van der Waals surface area contributed by atoms with Crippen LogP contribution >= 0.6 is 0 Å². The molecular weight excluding hydrogens is 314 g/mol. The number of anilines is 1. The monoisotopic (exact) mass is 339 g/mol. The molecule has 25 heavy (non-hydrogen) atoms. The molecule has 0 saturated carbocycles. The summed E-state index contributed by atoms with van der Waals surface area (Å²) in [6.45, 7) is 6.09. The smallest absolute Gasteiger partial charge is 0.262 e. The van der Waals surface area contributed by atoms with E-state index in [2.05, 4.69) is 41.8 Å². The van der Waals surface area contributed by atoms with Crippen LogP contribution in [0.4, 0.5) is 5.69 Å². The Bertz CT molecular complexity index is 707. The molecule has 0 aliphatic heterocycles. The first-order valence-corrected chi connectivity index (χ1v) is 8.33. The second kappa shape index (κ2) is 8.87. The lowest BCUT2D eigenvalue weighted by Gasteiger charge is -2.13. The van der Waals surface area contributed by atoms with Gasteiger partial charge in [0, 0.05) is 5.69 Å². The zero-order valence-electron chi connectivity index (χ0n) is 15.1. The summed E-state index contributed by atoms with van der Waals surface area (Å²) in [6, 6.07) is 15.1. The summed E-state index contributed by atoms with van der Waals surface area (Å²) in [6.07, 6.45) is 1.64. The highest BCUT2D eigenvalue weighted by Crippen LogP contribution is 2.16. The van der Waals surface area contributed by atoms with E-state index in [0.717, 1.165) is 17.0 Å². The van der Waals surface area contributed by atoms with E-state index in [0.29, 0.717) is 5.92 Å². The molecule has 2 rings (SSSR count). The van der Waals surface area contributed by atoms with Crippen LogP contribution in [0.2, 0.25) is 0 Å². The Morgan fingerprint density at radius 1 is 1.04 bits per heavy atom. The third-order valence-electron chi connectivity index (χ3n) is 3.86. The molecule has 0 bridgehead atoms. The van der Waals surface area contributed by atoms with E-state index >= 15 is 0 Å². The Balaban J connectivity index is 1.85. The van der Waals surface area contributed by atoms with Gasteiger partial charge in [-0.2, -0.15) is 5.10 Å². The van der Waals surface area contributed by atoms with E-state index < -0.39 is 6.04 Å². The zero-order valence-corrected chi connectivity index (χ0v) is 15.1. The zero-order chi connectivity index (χ0) is 18.2. The third-order valence-corrected chi connectivity index (χ3v) is 3.86. The topological polar surface area (TPSA) is 62.7 Å². The first kappa shape index (κ1) is 18.5. The minimum Gasteiger partial charge on any atom is -0.497 e. The van der Waals surface area contributed by atoms with E-state index in [4.69, 9.17) is 4.74 Å². The van der Waals surface area contributed by atoms with Crippen LogP contribution in [0.3, 0.4) is 0 Å². The van der Waals surface area contributed by atoms with Crippen molar-refractivity contribution in [1.82, 2.24) is 5.43 Å². The van der Waals surface area contributed by atoms with E-state index in [9.17, 15) is 4.79 Å². The summed E-state index contributed by atoms with van der Waals surface area (Å²) in [5.41, 5.74) is 5.62. The number of ether oxygens (including phenoxy) is 1. The lowest BCUT2D eigenvalue weighted by atomic mass is 10.0. The van der Waals surface area contributed by atoms with Gasteiger partial charge in [-0.25, -0.2) is 5.43 Å². The van der Waals surface area contributed by atoms with Crippen molar-refractivity contribution in [1.29, 1.82) is 0 Å². The highest BCUT2D eigenvalue weighted by molar-refractivity contribution is 5.86. The van der Waals surface area contributed by atoms with Crippen LogP contribution in [-0.4, -0.2) is 25.3 Å². The summed E-state index contributed by atoms with van der Waals surface area (Å²) < 4.78 is 5.11. The van der Waals surface area contributed by atoms with Crippen molar-refractivity contribution in [3.63, 3.8) is 0 Å². The number of carbonyl (C=O) groups is 1. The molecule has 0 fully saturated rings. The van der Waals surface area contributed by atoms with Crippen LogP contribution in [0, 0.1) is 0 Å². The van der Waals surface area contributed by atoms with E-state index in [1.807, 2.05) is 36.4 Å². The molecule has 0 spiro atoms. The van der Waals surface area contributed by atoms with Gasteiger partial charge in [-0.1, -0.05) is 38.1 Å². The average molecular weight is 339 g/mol. The Morgan fingerprint density at radius 2 is 1.68 bits per heavy atom. The van der Waals surface area contributed by atoms with Gasteiger partial charge in [-0.15, -0.1) is 0 Å². The number of hydrogen-bond acceptors (Lipinski definition) is 4. The minimum absolute atomic E-state index is 0.203. The van der Waals surface area contributed by atoms with E-state index in [1.165, 1.54) is 5.56 Å². The molecule has 0 radical (unpaired) electrons. The first-order valence-electron chi connectivity index (χ1n) is 8.33. The SMILES string of the molecule is COc1ccc(N[C@@H](C)C(=O)N/N=C\c2ccc(C(C)C)cc2)cc1. The Hall–Kier alpha value is -2.82. The number of nitrogens with zero attached hydrogens (tertiary/aromatic N) is 1. The molecule has 0 heterocycles. The summed E-state index contributed by atoms with van der Waals surface area (Å²) in [5, 5.41) is 7.14. The van der Waals surface area contributed by atoms with Crippen LogP contribution in [0.5, 0.6) is 5.75 Å². The van der Waals surface area contributed by atoms with Crippen molar-refractivity contribution in [2.75, 3.05) is 12.4 Å². The molecule has 0 aliphatic rings. The molecular formula is C20H25N3O2. The number of hydrazone groups is 1. The Kier molecular flexibility index (Phi) is 6.57. The number of amides is 1. The number of methoxy groups -OCH3 is 1. The molecule has 2 aromatic carbocycles. The van der Waals surface area contributed by atoms with Crippen LogP contribution in [0.1, 0.15) is 37.8 Å². The van der Waals surface area contributed by atoms with Crippen molar-refractivity contribution >= 4 is 17.8 Å². The fourth-order valence-corrected chi connectivity index (χ4v) is 2.24. The molecule has 0 saturated heterocycles. The quantitative estimate of drug-likeness (QED) is 0.596. The maximum atomic E-state index is 12.1. The van der Waals surface area contributed by atoms with Gasteiger partial charge < -0.3 is 10.1 Å². The van der Waals surface area contributed by atoms with E-state index in [-0.39, 0.29) is 5.91 Å². The van der Waals surface area contributed by atoms with Crippen LogP contribution < -0.4 is 15.5 Å². The highest BCUT2D eigenvalue weighted by Gasteiger charge is 2.11. The van der Waals surface area contributed by atoms with Gasteiger partial charge in [0.25, 0.3) is 5.91 Å². The van der Waals surface area contributed by atoms with Gasteiger partial charge >= 0.3 is 0 Å². The van der Waals surface area contributed by atoms with Crippen molar-refractivity contribution in [3.8, 4) is 5.75 Å². The Labute approximate surface area is 149 Å². The summed E-state index contributed by atoms with van der Waals surface area (Å²) in [5.74, 6) is 1.07. The predicted molar refractivity (Wildman–Crippen MR) is 102 cm³/mol. The predicted octanol–water partition coefficient (Wildman–Crippen LogP) is 3.77. The molecule has 0 unspecified atom stereocenters. The lowest BCUT2D eigenvalue weighted by molar-refractivity contribution is -0.121. The average Bonchev–Trinajstić information content (AvgIpc) is 2.62. The first-order chi connectivity index (χ1) is 12.0. The fraction of sp³-hybridized carbons (Fsp3) is 0.300. The van der Waals surface area contributed by atoms with Gasteiger partial charge in [0.05, 0.1) is 13.3 Å². The van der Waals surface area contributed by atoms with Crippen molar-refractivity contribution in [3.05, 3.63) is 59.7 Å². The third kappa shape index (κ3) is 5.64. The van der Waals surface area contributed by atoms with Crippen molar-refractivity contribution < 1.29 is 9.53 Å². The van der Waals surface area contributed by atoms with E-state index in [1.54, 1.807) is 20.2 Å². The lowest BCUT2D eigenvalue weighted by Crippen LogP contribution is -2.34. The Morgan fingerprint density at radius 3 is 2.24 bits per heavy atom. The molecule has 0 aromatic heterocycles. The van der Waals surface area contributed by atoms with Gasteiger partial charge in [0.1, 0.15) is 11.8 Å². The number of rotatable bonds is 7. The standard InChI is InChI=1S/C20H25N3O2/c1-14(2)17-7-5-16(6-8-17)13-21-23-20(24)15(3)22-18-9-11-19(25-4)12-10-18/h5-15,22H,1-4H3,(H,23,24)/b21-13-/t15-/m0/s1. The molecule has 2 aromatic rings. The largest absolute Gasteiger partial charge is 0.497 e. The van der Waals surface area contributed by atoms with Crippen LogP contribution in [0.15, 0.2) is 53.6 Å². The van der Waals surface area contributed by atoms with Gasteiger partial charge in [0.15, 0.2) is 0 Å². The molecule has 0 aliphatic carbocycles. The number of benzene rings is 2. The van der Waals surface area contributed by atoms with Crippen LogP contribution in [0.25, 0.3) is 0 Å². The molecule has 132 valence electrons. The number of hydrogen-bond donors (Lipinski definition) is 2. The second-order valence-electron chi connectivity index (χ2n) is 6.15. The molecule has 2 N–H and O–H groups in total. The van der Waals surface area contributed by atoms with Gasteiger partial charge in [-0.05, 0) is 48.2 Å². The van der Waals surface area contributed by atoms with Crippen LogP contribution in [-0.2, 0) is 4.79 Å². The number of nitrogens with one attached hydrogen (secondary N) is 2. The van der Waals surface area contributed by atoms with Crippen molar-refractivity contribution in [2.24, 2.45) is 5.10 Å². The van der Waals surface area contributed by atoms with Gasteiger partial charge in [-0.3, -0.25) is 4.79 Å². The minimum atomic E-state index is -0.408. The number of carbonyl (C=O) groups excluding carboxylic acids is 1. The molecule has 1 atom stereocenters. The second-order valence-corrected chi connectivity index (χ2v) is 6.15. The summed E-state index contributed by atoms with van der Waals surface area (Å²) in [7, 11) is 1.62. The highest BCUT2D eigenvalue weighted by atomic mass is 16.5. The fourth-order valence-electron chi connectivity index (χ4n) is 2.24. The molecule has 1 amide bonds. The van der Waals surface area contributed by atoms with Crippen molar-refractivity contribution in [2.45, 2.75) is 32.7 Å². The molecule has 5 nitrogen and oxygen atoms in total. The summed E-state index contributed by atoms with van der Waals surface area (Å²) in [4.78, 5) is 12.1. The molecule has 5 heteroatoms. The maximum absolute atomic E-state index is 12.1. The maximum Gasteiger partial charge on any atom is 0.262 e. The summed E-state index contributed by atoms with van der Waals surface area (Å²) >= 11 is 0.